The maximum Gasteiger partial charge on any atom is 0.261 e. The van der Waals surface area contributed by atoms with Crippen LogP contribution >= 0.6 is 11.6 Å². The van der Waals surface area contributed by atoms with Gasteiger partial charge in [-0.2, -0.15) is 0 Å². The van der Waals surface area contributed by atoms with Crippen LogP contribution < -0.4 is 10.1 Å². The van der Waals surface area contributed by atoms with Gasteiger partial charge >= 0.3 is 0 Å². The zero-order valence-electron chi connectivity index (χ0n) is 19.0. The van der Waals surface area contributed by atoms with Gasteiger partial charge in [0.25, 0.3) is 5.91 Å². The van der Waals surface area contributed by atoms with E-state index in [9.17, 15) is 9.59 Å². The summed E-state index contributed by atoms with van der Waals surface area (Å²) in [4.78, 5) is 28.1. The fraction of sp³-hybridized carbons (Fsp3) is 0.462. The highest BCUT2D eigenvalue weighted by Gasteiger charge is 2.30. The molecule has 32 heavy (non-hydrogen) atoms. The van der Waals surface area contributed by atoms with Crippen LogP contribution in [0.5, 0.6) is 5.75 Å². The number of aryl methyl sites for hydroxylation is 1. The Labute approximate surface area is 196 Å². The summed E-state index contributed by atoms with van der Waals surface area (Å²) in [5.74, 6) is 0.290. The van der Waals surface area contributed by atoms with E-state index in [2.05, 4.69) is 5.32 Å². The Balaban J connectivity index is 1.73. The summed E-state index contributed by atoms with van der Waals surface area (Å²) in [6, 6.07) is 14.7. The molecule has 1 saturated carbocycles. The van der Waals surface area contributed by atoms with E-state index < -0.39 is 6.04 Å². The topological polar surface area (TPSA) is 58.6 Å². The molecule has 0 aliphatic heterocycles. The van der Waals surface area contributed by atoms with Crippen molar-refractivity contribution in [1.29, 1.82) is 0 Å². The largest absolute Gasteiger partial charge is 0.484 e. The second-order valence-corrected chi connectivity index (χ2v) is 8.88. The van der Waals surface area contributed by atoms with Crippen molar-refractivity contribution in [3.63, 3.8) is 0 Å². The quantitative estimate of drug-likeness (QED) is 0.558. The summed E-state index contributed by atoms with van der Waals surface area (Å²) in [6.07, 6.45) is 6.06. The zero-order valence-corrected chi connectivity index (χ0v) is 19.7. The van der Waals surface area contributed by atoms with Crippen molar-refractivity contribution in [3.8, 4) is 5.75 Å². The van der Waals surface area contributed by atoms with Crippen LogP contribution in [-0.2, 0) is 16.1 Å². The maximum absolute atomic E-state index is 13.3. The van der Waals surface area contributed by atoms with Crippen molar-refractivity contribution < 1.29 is 14.3 Å². The second kappa shape index (κ2) is 11.9. The number of carbonyl (C=O) groups is 2. The normalized spacial score (nSPS) is 15.1. The third-order valence-corrected chi connectivity index (χ3v) is 6.45. The summed E-state index contributed by atoms with van der Waals surface area (Å²) in [7, 11) is 0. The molecule has 1 aliphatic carbocycles. The first-order valence-electron chi connectivity index (χ1n) is 11.5. The van der Waals surface area contributed by atoms with Gasteiger partial charge in [-0.05, 0) is 55.5 Å². The van der Waals surface area contributed by atoms with E-state index >= 15 is 0 Å². The number of rotatable bonds is 9. The van der Waals surface area contributed by atoms with E-state index in [1.165, 1.54) is 6.42 Å². The molecular formula is C26H33ClN2O3. The Morgan fingerprint density at radius 2 is 1.84 bits per heavy atom. The molecule has 0 unspecified atom stereocenters. The number of ether oxygens (including phenoxy) is 1. The number of hydrogen-bond acceptors (Lipinski definition) is 3. The van der Waals surface area contributed by atoms with Crippen LogP contribution in [0.25, 0.3) is 0 Å². The van der Waals surface area contributed by atoms with Gasteiger partial charge in [0.1, 0.15) is 11.8 Å². The van der Waals surface area contributed by atoms with Crippen LogP contribution in [0.1, 0.15) is 56.6 Å². The lowest BCUT2D eigenvalue weighted by Gasteiger charge is -2.32. The third-order valence-electron chi connectivity index (χ3n) is 6.02. The van der Waals surface area contributed by atoms with Crippen molar-refractivity contribution >= 4 is 23.4 Å². The maximum atomic E-state index is 13.3. The lowest BCUT2D eigenvalue weighted by atomic mass is 9.95. The number of amides is 2. The van der Waals surface area contributed by atoms with E-state index in [-0.39, 0.29) is 24.5 Å². The van der Waals surface area contributed by atoms with Gasteiger partial charge in [0.15, 0.2) is 6.61 Å². The van der Waals surface area contributed by atoms with Gasteiger partial charge in [0.05, 0.1) is 0 Å². The number of nitrogens with one attached hydrogen (secondary N) is 1. The molecule has 2 amide bonds. The van der Waals surface area contributed by atoms with Gasteiger partial charge in [0.2, 0.25) is 5.91 Å². The first-order valence-corrected chi connectivity index (χ1v) is 11.9. The van der Waals surface area contributed by atoms with Crippen molar-refractivity contribution in [2.45, 2.75) is 71.0 Å². The van der Waals surface area contributed by atoms with E-state index in [4.69, 9.17) is 16.3 Å². The lowest BCUT2D eigenvalue weighted by Crippen LogP contribution is -2.52. The minimum absolute atomic E-state index is 0.0778. The number of benzene rings is 2. The number of hydrogen-bond donors (Lipinski definition) is 1. The molecule has 0 bridgehead atoms. The van der Waals surface area contributed by atoms with Gasteiger partial charge in [-0.1, -0.05) is 68.1 Å². The predicted molar refractivity (Wildman–Crippen MR) is 128 cm³/mol. The summed E-state index contributed by atoms with van der Waals surface area (Å²) in [5.41, 5.74) is 1.86. The highest BCUT2D eigenvalue weighted by Crippen LogP contribution is 2.22. The van der Waals surface area contributed by atoms with Gasteiger partial charge < -0.3 is 15.0 Å². The van der Waals surface area contributed by atoms with Crippen molar-refractivity contribution in [3.05, 3.63) is 64.7 Å². The van der Waals surface area contributed by atoms with E-state index in [1.807, 2.05) is 50.2 Å². The fourth-order valence-corrected chi connectivity index (χ4v) is 4.30. The molecule has 1 N–H and O–H groups in total. The average molecular weight is 457 g/mol. The molecule has 172 valence electrons. The Bertz CT molecular complexity index is 897. The number of halogens is 1. The second-order valence-electron chi connectivity index (χ2n) is 8.47. The molecule has 3 rings (SSSR count). The Morgan fingerprint density at radius 1 is 1.12 bits per heavy atom. The van der Waals surface area contributed by atoms with Crippen LogP contribution in [-0.4, -0.2) is 35.4 Å². The van der Waals surface area contributed by atoms with Crippen LogP contribution in [0.15, 0.2) is 48.5 Å². The molecule has 1 fully saturated rings. The number of carbonyl (C=O) groups excluding carboxylic acids is 2. The van der Waals surface area contributed by atoms with Gasteiger partial charge in [-0.15, -0.1) is 0 Å². The third kappa shape index (κ3) is 6.73. The fourth-order valence-electron chi connectivity index (χ4n) is 4.18. The van der Waals surface area contributed by atoms with E-state index in [0.29, 0.717) is 23.7 Å². The smallest absolute Gasteiger partial charge is 0.261 e. The van der Waals surface area contributed by atoms with Gasteiger partial charge in [-0.25, -0.2) is 0 Å². The summed E-state index contributed by atoms with van der Waals surface area (Å²) in [5, 5.41) is 3.84. The average Bonchev–Trinajstić information content (AvgIpc) is 2.81. The lowest BCUT2D eigenvalue weighted by molar-refractivity contribution is -0.143. The first kappa shape index (κ1) is 24.1. The van der Waals surface area contributed by atoms with Crippen LogP contribution in [0.2, 0.25) is 5.02 Å². The summed E-state index contributed by atoms with van der Waals surface area (Å²) >= 11 is 6.08. The van der Waals surface area contributed by atoms with Crippen molar-refractivity contribution in [1.82, 2.24) is 10.2 Å². The van der Waals surface area contributed by atoms with E-state index in [1.54, 1.807) is 17.0 Å². The molecule has 2 aromatic rings. The van der Waals surface area contributed by atoms with Crippen LogP contribution in [0, 0.1) is 6.92 Å². The molecule has 2 aromatic carbocycles. The predicted octanol–water partition coefficient (Wildman–Crippen LogP) is 5.28. The SMILES string of the molecule is CC[C@@H](C(=O)NC1CCCCC1)N(Cc1ccccc1)C(=O)COc1ccc(Cl)c(C)c1. The molecule has 0 heterocycles. The highest BCUT2D eigenvalue weighted by atomic mass is 35.5. The molecule has 0 aromatic heterocycles. The number of nitrogens with zero attached hydrogens (tertiary/aromatic N) is 1. The Morgan fingerprint density at radius 3 is 2.50 bits per heavy atom. The molecule has 0 saturated heterocycles. The van der Waals surface area contributed by atoms with Gasteiger partial charge in [-0.3, -0.25) is 9.59 Å². The first-order chi connectivity index (χ1) is 15.5. The summed E-state index contributed by atoms with van der Waals surface area (Å²) in [6.45, 7) is 4.06. The van der Waals surface area contributed by atoms with Crippen LogP contribution in [0.3, 0.4) is 0 Å². The van der Waals surface area contributed by atoms with E-state index in [0.717, 1.165) is 36.8 Å². The summed E-state index contributed by atoms with van der Waals surface area (Å²) < 4.78 is 5.77. The molecule has 5 nitrogen and oxygen atoms in total. The van der Waals surface area contributed by atoms with Gasteiger partial charge in [0, 0.05) is 17.6 Å². The molecule has 1 aliphatic rings. The van der Waals surface area contributed by atoms with Crippen LogP contribution in [0.4, 0.5) is 0 Å². The molecular weight excluding hydrogens is 424 g/mol. The van der Waals surface area contributed by atoms with Crippen molar-refractivity contribution in [2.75, 3.05) is 6.61 Å². The highest BCUT2D eigenvalue weighted by molar-refractivity contribution is 6.31. The molecule has 0 spiro atoms. The zero-order chi connectivity index (χ0) is 22.9. The minimum atomic E-state index is -0.541. The Hall–Kier alpha value is -2.53. The van der Waals surface area contributed by atoms with Crippen molar-refractivity contribution in [2.24, 2.45) is 0 Å². The Kier molecular flexibility index (Phi) is 8.98. The molecule has 6 heteroatoms. The monoisotopic (exact) mass is 456 g/mol. The molecule has 1 atom stereocenters. The standard InChI is InChI=1S/C26H33ClN2O3/c1-3-24(26(31)28-21-12-8-5-9-13-21)29(17-20-10-6-4-7-11-20)25(30)18-32-22-14-15-23(27)19(2)16-22/h4,6-7,10-11,14-16,21,24H,3,5,8-9,12-13,17-18H2,1-2H3,(H,28,31)/t24-/m0/s1. The molecule has 0 radical (unpaired) electrons. The minimum Gasteiger partial charge on any atom is -0.484 e.